The van der Waals surface area contributed by atoms with Gasteiger partial charge in [0.15, 0.2) is 0 Å². The summed E-state index contributed by atoms with van der Waals surface area (Å²) in [7, 11) is 3.81. The normalized spacial score (nSPS) is 15.1. The van der Waals surface area contributed by atoms with Crippen LogP contribution in [0.15, 0.2) is 16.8 Å². The smallest absolute Gasteiger partial charge is 0.0488 e. The van der Waals surface area contributed by atoms with Gasteiger partial charge in [0.05, 0.1) is 0 Å². The Morgan fingerprint density at radius 3 is 2.87 bits per heavy atom. The lowest BCUT2D eigenvalue weighted by molar-refractivity contribution is 0.150. The van der Waals surface area contributed by atoms with Crippen LogP contribution < -0.4 is 5.32 Å². The third-order valence-electron chi connectivity index (χ3n) is 2.61. The van der Waals surface area contributed by atoms with E-state index in [-0.39, 0.29) is 0 Å². The van der Waals surface area contributed by atoms with E-state index in [2.05, 4.69) is 29.1 Å². The van der Waals surface area contributed by atoms with Gasteiger partial charge >= 0.3 is 0 Å². The predicted octanol–water partition coefficient (Wildman–Crippen LogP) is 2.55. The minimum Gasteiger partial charge on any atom is -0.384 e. The zero-order chi connectivity index (χ0) is 11.1. The van der Waals surface area contributed by atoms with E-state index in [1.807, 2.05) is 7.05 Å². The summed E-state index contributed by atoms with van der Waals surface area (Å²) in [4.78, 5) is 0. The van der Waals surface area contributed by atoms with E-state index in [0.29, 0.717) is 12.0 Å². The second-order valence-corrected chi connectivity index (χ2v) is 4.90. The van der Waals surface area contributed by atoms with E-state index >= 15 is 0 Å². The Kier molecular flexibility index (Phi) is 5.91. The Labute approximate surface area is 96.7 Å². The fraction of sp³-hybridized carbons (Fsp3) is 0.667. The number of hydrogen-bond acceptors (Lipinski definition) is 3. The lowest BCUT2D eigenvalue weighted by atomic mass is 9.98. The Balaban J connectivity index is 2.35. The fourth-order valence-corrected chi connectivity index (χ4v) is 2.52. The third-order valence-corrected chi connectivity index (χ3v) is 3.34. The Bertz CT molecular complexity index is 248. The molecule has 15 heavy (non-hydrogen) atoms. The van der Waals surface area contributed by atoms with Crippen molar-refractivity contribution < 1.29 is 4.74 Å². The van der Waals surface area contributed by atoms with Gasteiger partial charge in [-0.1, -0.05) is 6.92 Å². The number of likely N-dealkylation sites (N-methyl/N-ethyl adjacent to an activating group) is 1. The molecule has 0 saturated carbocycles. The van der Waals surface area contributed by atoms with Gasteiger partial charge in [-0.3, -0.25) is 0 Å². The van der Waals surface area contributed by atoms with Crippen LogP contribution in [0.5, 0.6) is 0 Å². The molecule has 0 aliphatic heterocycles. The average Bonchev–Trinajstić information content (AvgIpc) is 2.70. The zero-order valence-corrected chi connectivity index (χ0v) is 10.6. The highest BCUT2D eigenvalue weighted by atomic mass is 32.1. The topological polar surface area (TPSA) is 21.3 Å². The standard InChI is InChI=1S/C12H21NOS/c1-10(8-14-3)6-12(13-2)7-11-4-5-15-9-11/h4-5,9-10,12-13H,6-8H2,1-3H3. The molecule has 0 fully saturated rings. The highest BCUT2D eigenvalue weighted by molar-refractivity contribution is 7.07. The summed E-state index contributed by atoms with van der Waals surface area (Å²) in [5.41, 5.74) is 1.43. The van der Waals surface area contributed by atoms with Gasteiger partial charge in [0.1, 0.15) is 0 Å². The van der Waals surface area contributed by atoms with Crippen molar-refractivity contribution in [3.63, 3.8) is 0 Å². The first kappa shape index (κ1) is 12.7. The van der Waals surface area contributed by atoms with Crippen LogP contribution in [0.3, 0.4) is 0 Å². The number of thiophene rings is 1. The van der Waals surface area contributed by atoms with Crippen LogP contribution in [-0.4, -0.2) is 26.8 Å². The monoisotopic (exact) mass is 227 g/mol. The van der Waals surface area contributed by atoms with Crippen molar-refractivity contribution in [1.29, 1.82) is 0 Å². The second kappa shape index (κ2) is 6.99. The molecule has 0 bridgehead atoms. The van der Waals surface area contributed by atoms with Crippen molar-refractivity contribution in [3.8, 4) is 0 Å². The first-order valence-corrected chi connectivity index (χ1v) is 6.37. The van der Waals surface area contributed by atoms with E-state index in [0.717, 1.165) is 13.0 Å². The number of hydrogen-bond donors (Lipinski definition) is 1. The number of rotatable bonds is 7. The van der Waals surface area contributed by atoms with Crippen LogP contribution >= 0.6 is 11.3 Å². The second-order valence-electron chi connectivity index (χ2n) is 4.12. The minimum atomic E-state index is 0.560. The lowest BCUT2D eigenvalue weighted by Gasteiger charge is -2.19. The molecule has 2 unspecified atom stereocenters. The quantitative estimate of drug-likeness (QED) is 0.773. The molecule has 0 aliphatic rings. The number of nitrogens with one attached hydrogen (secondary N) is 1. The molecule has 0 saturated heterocycles. The van der Waals surface area contributed by atoms with E-state index in [1.165, 1.54) is 12.0 Å². The molecule has 1 aromatic heterocycles. The Morgan fingerprint density at radius 2 is 2.33 bits per heavy atom. The SMILES string of the molecule is CNC(Cc1ccsc1)CC(C)COC. The van der Waals surface area contributed by atoms with Crippen molar-refractivity contribution in [3.05, 3.63) is 22.4 Å². The molecule has 2 nitrogen and oxygen atoms in total. The molecule has 0 amide bonds. The van der Waals surface area contributed by atoms with Gasteiger partial charge in [0.2, 0.25) is 0 Å². The zero-order valence-electron chi connectivity index (χ0n) is 9.82. The molecule has 1 aromatic rings. The van der Waals surface area contributed by atoms with E-state index in [4.69, 9.17) is 4.74 Å². The van der Waals surface area contributed by atoms with Crippen LogP contribution in [0.4, 0.5) is 0 Å². The molecule has 1 rings (SSSR count). The summed E-state index contributed by atoms with van der Waals surface area (Å²) in [6.07, 6.45) is 2.29. The molecule has 1 N–H and O–H groups in total. The van der Waals surface area contributed by atoms with Crippen molar-refractivity contribution in [2.75, 3.05) is 20.8 Å². The van der Waals surface area contributed by atoms with Crippen molar-refractivity contribution >= 4 is 11.3 Å². The molecule has 86 valence electrons. The van der Waals surface area contributed by atoms with Crippen molar-refractivity contribution in [2.45, 2.75) is 25.8 Å². The van der Waals surface area contributed by atoms with Gasteiger partial charge in [-0.2, -0.15) is 11.3 Å². The molecule has 0 radical (unpaired) electrons. The largest absolute Gasteiger partial charge is 0.384 e. The Hall–Kier alpha value is -0.380. The molecule has 1 heterocycles. The summed E-state index contributed by atoms with van der Waals surface area (Å²) >= 11 is 1.77. The summed E-state index contributed by atoms with van der Waals surface area (Å²) < 4.78 is 5.16. The van der Waals surface area contributed by atoms with Crippen LogP contribution in [0.25, 0.3) is 0 Å². The van der Waals surface area contributed by atoms with Crippen molar-refractivity contribution in [1.82, 2.24) is 5.32 Å². The first-order chi connectivity index (χ1) is 7.26. The van der Waals surface area contributed by atoms with Crippen LogP contribution in [0.1, 0.15) is 18.9 Å². The predicted molar refractivity (Wildman–Crippen MR) is 66.5 cm³/mol. The van der Waals surface area contributed by atoms with Gasteiger partial charge in [0.25, 0.3) is 0 Å². The third kappa shape index (κ3) is 4.78. The number of ether oxygens (including phenoxy) is 1. The van der Waals surface area contributed by atoms with Gasteiger partial charge in [-0.25, -0.2) is 0 Å². The van der Waals surface area contributed by atoms with Gasteiger partial charge in [-0.15, -0.1) is 0 Å². The maximum Gasteiger partial charge on any atom is 0.0488 e. The maximum absolute atomic E-state index is 5.16. The van der Waals surface area contributed by atoms with E-state index in [1.54, 1.807) is 18.4 Å². The fourth-order valence-electron chi connectivity index (χ4n) is 1.83. The lowest BCUT2D eigenvalue weighted by Crippen LogP contribution is -2.30. The van der Waals surface area contributed by atoms with E-state index < -0.39 is 0 Å². The minimum absolute atomic E-state index is 0.560. The highest BCUT2D eigenvalue weighted by Gasteiger charge is 2.12. The van der Waals surface area contributed by atoms with Gasteiger partial charge in [0, 0.05) is 19.8 Å². The summed E-state index contributed by atoms with van der Waals surface area (Å²) in [5, 5.41) is 7.75. The molecular formula is C12H21NOS. The van der Waals surface area contributed by atoms with E-state index in [9.17, 15) is 0 Å². The molecule has 0 aromatic carbocycles. The van der Waals surface area contributed by atoms with Crippen molar-refractivity contribution in [2.24, 2.45) is 5.92 Å². The molecular weight excluding hydrogens is 206 g/mol. The van der Waals surface area contributed by atoms with Gasteiger partial charge < -0.3 is 10.1 Å². The average molecular weight is 227 g/mol. The highest BCUT2D eigenvalue weighted by Crippen LogP contribution is 2.13. The van der Waals surface area contributed by atoms with Crippen LogP contribution in [-0.2, 0) is 11.2 Å². The molecule has 0 aliphatic carbocycles. The summed E-state index contributed by atoms with van der Waals surface area (Å²) in [6.45, 7) is 3.09. The molecule has 3 heteroatoms. The summed E-state index contributed by atoms with van der Waals surface area (Å²) in [6, 6.07) is 2.76. The first-order valence-electron chi connectivity index (χ1n) is 5.43. The number of methoxy groups -OCH3 is 1. The van der Waals surface area contributed by atoms with Crippen LogP contribution in [0, 0.1) is 5.92 Å². The molecule has 2 atom stereocenters. The summed E-state index contributed by atoms with van der Waals surface area (Å²) in [5.74, 6) is 0.617. The van der Waals surface area contributed by atoms with Gasteiger partial charge in [-0.05, 0) is 48.2 Å². The maximum atomic E-state index is 5.16. The van der Waals surface area contributed by atoms with Crippen LogP contribution in [0.2, 0.25) is 0 Å². The Morgan fingerprint density at radius 1 is 1.53 bits per heavy atom. The molecule has 0 spiro atoms.